The molecule has 2 heterocycles. The Hall–Kier alpha value is -0.870. The van der Waals surface area contributed by atoms with Crippen molar-refractivity contribution in [2.24, 2.45) is 0 Å². The van der Waals surface area contributed by atoms with Gasteiger partial charge in [0.1, 0.15) is 5.76 Å². The summed E-state index contributed by atoms with van der Waals surface area (Å²) in [5.74, 6) is 1.71. The summed E-state index contributed by atoms with van der Waals surface area (Å²) in [6.45, 7) is 6.59. The highest BCUT2D eigenvalue weighted by atomic mass is 16.5. The summed E-state index contributed by atoms with van der Waals surface area (Å²) in [6.07, 6.45) is 5.29. The quantitative estimate of drug-likeness (QED) is 0.773. The molecule has 0 aliphatic carbocycles. The molecule has 0 aromatic carbocycles. The van der Waals surface area contributed by atoms with Crippen LogP contribution in [0.15, 0.2) is 4.42 Å². The van der Waals surface area contributed by atoms with E-state index in [2.05, 4.69) is 10.3 Å². The second-order valence-electron chi connectivity index (χ2n) is 4.70. The fourth-order valence-corrected chi connectivity index (χ4v) is 2.14. The van der Waals surface area contributed by atoms with Gasteiger partial charge in [0.15, 0.2) is 0 Å². The zero-order chi connectivity index (χ0) is 12.1. The predicted octanol–water partition coefficient (Wildman–Crippen LogP) is 2.34. The Bertz CT molecular complexity index is 324. The molecule has 0 spiro atoms. The second kappa shape index (κ2) is 6.17. The molecule has 1 aromatic rings. The Labute approximate surface area is 103 Å². The fraction of sp³-hybridized carbons (Fsp3) is 0.769. The average molecular weight is 238 g/mol. The number of nitrogens with zero attached hydrogens (tertiary/aromatic N) is 1. The van der Waals surface area contributed by atoms with E-state index in [0.29, 0.717) is 6.10 Å². The Morgan fingerprint density at radius 2 is 2.29 bits per heavy atom. The first kappa shape index (κ1) is 12.6. The summed E-state index contributed by atoms with van der Waals surface area (Å²) in [5.41, 5.74) is 0.987. The molecule has 0 bridgehead atoms. The van der Waals surface area contributed by atoms with E-state index in [0.717, 1.165) is 49.9 Å². The number of ether oxygens (including phenoxy) is 1. The third-order valence-electron chi connectivity index (χ3n) is 3.25. The predicted molar refractivity (Wildman–Crippen MR) is 65.9 cm³/mol. The van der Waals surface area contributed by atoms with Gasteiger partial charge >= 0.3 is 0 Å². The zero-order valence-corrected chi connectivity index (χ0v) is 10.8. The van der Waals surface area contributed by atoms with Gasteiger partial charge in [-0.3, -0.25) is 0 Å². The lowest BCUT2D eigenvalue weighted by Crippen LogP contribution is -2.17. The molecular weight excluding hydrogens is 216 g/mol. The molecule has 4 nitrogen and oxygen atoms in total. The molecule has 4 heteroatoms. The van der Waals surface area contributed by atoms with Crippen LogP contribution < -0.4 is 5.32 Å². The van der Waals surface area contributed by atoms with Crippen LogP contribution in [-0.2, 0) is 11.3 Å². The summed E-state index contributed by atoms with van der Waals surface area (Å²) in [5, 5.41) is 3.35. The Balaban J connectivity index is 1.56. The highest BCUT2D eigenvalue weighted by molar-refractivity contribution is 5.04. The van der Waals surface area contributed by atoms with Gasteiger partial charge in [0.25, 0.3) is 0 Å². The van der Waals surface area contributed by atoms with Gasteiger partial charge in [-0.05, 0) is 46.1 Å². The van der Waals surface area contributed by atoms with Gasteiger partial charge in [-0.1, -0.05) is 0 Å². The van der Waals surface area contributed by atoms with Gasteiger partial charge in [-0.25, -0.2) is 4.98 Å². The van der Waals surface area contributed by atoms with Gasteiger partial charge in [0.2, 0.25) is 5.89 Å². The lowest BCUT2D eigenvalue weighted by Gasteiger charge is -2.08. The van der Waals surface area contributed by atoms with Crippen molar-refractivity contribution in [3.8, 4) is 0 Å². The standard InChI is InChI=1S/C13H22N2O2/c1-10-11(2)17-13(15-10)9-14-7-3-5-12-6-4-8-16-12/h12,14H,3-9H2,1-2H3. The van der Waals surface area contributed by atoms with Crippen molar-refractivity contribution in [2.45, 2.75) is 52.2 Å². The molecule has 1 aliphatic heterocycles. The van der Waals surface area contributed by atoms with E-state index in [1.165, 1.54) is 12.8 Å². The van der Waals surface area contributed by atoms with E-state index in [9.17, 15) is 0 Å². The van der Waals surface area contributed by atoms with Crippen LogP contribution >= 0.6 is 0 Å². The van der Waals surface area contributed by atoms with Gasteiger partial charge in [-0.15, -0.1) is 0 Å². The average Bonchev–Trinajstić information content (AvgIpc) is 2.90. The number of aromatic nitrogens is 1. The second-order valence-corrected chi connectivity index (χ2v) is 4.70. The van der Waals surface area contributed by atoms with Crippen LogP contribution in [0, 0.1) is 13.8 Å². The molecule has 1 aromatic heterocycles. The highest BCUT2D eigenvalue weighted by Crippen LogP contribution is 2.16. The smallest absolute Gasteiger partial charge is 0.208 e. The summed E-state index contributed by atoms with van der Waals surface area (Å²) in [4.78, 5) is 4.33. The van der Waals surface area contributed by atoms with Gasteiger partial charge in [0.05, 0.1) is 18.3 Å². The monoisotopic (exact) mass is 238 g/mol. The molecule has 2 rings (SSSR count). The van der Waals surface area contributed by atoms with Crippen LogP contribution in [0.3, 0.4) is 0 Å². The third kappa shape index (κ3) is 3.82. The first-order chi connectivity index (χ1) is 8.25. The first-order valence-electron chi connectivity index (χ1n) is 6.51. The van der Waals surface area contributed by atoms with Crippen molar-refractivity contribution in [3.05, 3.63) is 17.3 Å². The number of aryl methyl sites for hydroxylation is 2. The third-order valence-corrected chi connectivity index (χ3v) is 3.25. The Kier molecular flexibility index (Phi) is 4.57. The molecule has 0 saturated carbocycles. The minimum atomic E-state index is 0.503. The van der Waals surface area contributed by atoms with Crippen molar-refractivity contribution in [2.75, 3.05) is 13.2 Å². The van der Waals surface area contributed by atoms with Crippen molar-refractivity contribution in [1.82, 2.24) is 10.3 Å². The van der Waals surface area contributed by atoms with E-state index in [1.807, 2.05) is 13.8 Å². The zero-order valence-electron chi connectivity index (χ0n) is 10.8. The minimum absolute atomic E-state index is 0.503. The summed E-state index contributed by atoms with van der Waals surface area (Å²) in [7, 11) is 0. The van der Waals surface area contributed by atoms with Crippen molar-refractivity contribution < 1.29 is 9.15 Å². The van der Waals surface area contributed by atoms with Crippen LogP contribution in [-0.4, -0.2) is 24.2 Å². The molecular formula is C13H22N2O2. The first-order valence-corrected chi connectivity index (χ1v) is 6.51. The molecule has 1 atom stereocenters. The molecule has 1 N–H and O–H groups in total. The number of hydrogen-bond acceptors (Lipinski definition) is 4. The summed E-state index contributed by atoms with van der Waals surface area (Å²) in [6, 6.07) is 0. The van der Waals surface area contributed by atoms with Crippen LogP contribution in [0.2, 0.25) is 0 Å². The van der Waals surface area contributed by atoms with E-state index >= 15 is 0 Å². The maximum Gasteiger partial charge on any atom is 0.208 e. The van der Waals surface area contributed by atoms with Gasteiger partial charge in [-0.2, -0.15) is 0 Å². The van der Waals surface area contributed by atoms with E-state index in [4.69, 9.17) is 9.15 Å². The Morgan fingerprint density at radius 1 is 1.41 bits per heavy atom. The van der Waals surface area contributed by atoms with E-state index in [-0.39, 0.29) is 0 Å². The van der Waals surface area contributed by atoms with Gasteiger partial charge < -0.3 is 14.5 Å². The summed E-state index contributed by atoms with van der Waals surface area (Å²) < 4.78 is 11.1. The highest BCUT2D eigenvalue weighted by Gasteiger charge is 2.14. The lowest BCUT2D eigenvalue weighted by molar-refractivity contribution is 0.102. The van der Waals surface area contributed by atoms with E-state index in [1.54, 1.807) is 0 Å². The van der Waals surface area contributed by atoms with Crippen molar-refractivity contribution in [1.29, 1.82) is 0 Å². The SMILES string of the molecule is Cc1nc(CNCCCC2CCCO2)oc1C. The Morgan fingerprint density at radius 3 is 2.94 bits per heavy atom. The maximum atomic E-state index is 5.58. The molecule has 1 aliphatic rings. The molecule has 0 radical (unpaired) electrons. The van der Waals surface area contributed by atoms with E-state index < -0.39 is 0 Å². The van der Waals surface area contributed by atoms with Crippen molar-refractivity contribution >= 4 is 0 Å². The van der Waals surface area contributed by atoms with Crippen LogP contribution in [0.25, 0.3) is 0 Å². The van der Waals surface area contributed by atoms with Crippen LogP contribution in [0.4, 0.5) is 0 Å². The van der Waals surface area contributed by atoms with Crippen LogP contribution in [0.5, 0.6) is 0 Å². The fourth-order valence-electron chi connectivity index (χ4n) is 2.14. The van der Waals surface area contributed by atoms with Crippen molar-refractivity contribution in [3.63, 3.8) is 0 Å². The van der Waals surface area contributed by atoms with Crippen LogP contribution in [0.1, 0.15) is 43.0 Å². The topological polar surface area (TPSA) is 47.3 Å². The minimum Gasteiger partial charge on any atom is -0.444 e. The molecule has 0 amide bonds. The lowest BCUT2D eigenvalue weighted by atomic mass is 10.1. The normalized spacial score (nSPS) is 20.0. The summed E-state index contributed by atoms with van der Waals surface area (Å²) >= 11 is 0. The number of hydrogen-bond donors (Lipinski definition) is 1. The molecule has 1 unspecified atom stereocenters. The maximum absolute atomic E-state index is 5.58. The number of rotatable bonds is 6. The number of oxazole rings is 1. The molecule has 1 fully saturated rings. The molecule has 96 valence electrons. The molecule has 1 saturated heterocycles. The van der Waals surface area contributed by atoms with Gasteiger partial charge in [0, 0.05) is 6.61 Å². The number of nitrogens with one attached hydrogen (secondary N) is 1. The largest absolute Gasteiger partial charge is 0.444 e. The molecule has 17 heavy (non-hydrogen) atoms.